The molecule has 4 rings (SSSR count). The molecule has 120 valence electrons. The van der Waals surface area contributed by atoms with Gasteiger partial charge < -0.3 is 9.80 Å². The normalized spacial score (nSPS) is 23.7. The number of aromatic nitrogens is 3. The number of hydrogen-bond acceptors (Lipinski definition) is 6. The van der Waals surface area contributed by atoms with Crippen molar-refractivity contribution in [2.45, 2.75) is 38.4 Å². The highest BCUT2D eigenvalue weighted by Crippen LogP contribution is 2.35. The summed E-state index contributed by atoms with van der Waals surface area (Å²) in [5.74, 6) is 0.183. The van der Waals surface area contributed by atoms with Crippen LogP contribution in [0.5, 0.6) is 0 Å². The second-order valence-electron chi connectivity index (χ2n) is 5.90. The first-order valence-electron chi connectivity index (χ1n) is 7.56. The van der Waals surface area contributed by atoms with E-state index in [0.717, 1.165) is 23.7 Å². The molecule has 0 aliphatic carbocycles. The summed E-state index contributed by atoms with van der Waals surface area (Å²) in [5.41, 5.74) is 0.943. The SMILES string of the molecule is Cc1nc(CN2C(=O)C[C@H]3[C@H]2CCN3c2ncc(F)cn2)cs1. The molecule has 2 saturated heterocycles. The van der Waals surface area contributed by atoms with Gasteiger partial charge in [-0.05, 0) is 13.3 Å². The fraction of sp³-hybridized carbons (Fsp3) is 0.467. The highest BCUT2D eigenvalue weighted by Gasteiger charge is 2.47. The minimum Gasteiger partial charge on any atom is -0.335 e. The summed E-state index contributed by atoms with van der Waals surface area (Å²) in [6.45, 7) is 3.30. The smallest absolute Gasteiger partial charge is 0.225 e. The second kappa shape index (κ2) is 5.52. The molecule has 2 aromatic heterocycles. The zero-order valence-electron chi connectivity index (χ0n) is 12.6. The molecule has 6 nitrogen and oxygen atoms in total. The average Bonchev–Trinajstić information content (AvgIpc) is 3.19. The Morgan fingerprint density at radius 3 is 2.83 bits per heavy atom. The van der Waals surface area contributed by atoms with E-state index in [1.807, 2.05) is 22.1 Å². The zero-order valence-corrected chi connectivity index (χ0v) is 13.5. The lowest BCUT2D eigenvalue weighted by molar-refractivity contribution is -0.129. The molecule has 0 unspecified atom stereocenters. The van der Waals surface area contributed by atoms with Crippen molar-refractivity contribution in [3.63, 3.8) is 0 Å². The van der Waals surface area contributed by atoms with E-state index in [-0.39, 0.29) is 18.0 Å². The van der Waals surface area contributed by atoms with Gasteiger partial charge in [0.2, 0.25) is 11.9 Å². The lowest BCUT2D eigenvalue weighted by atomic mass is 10.1. The lowest BCUT2D eigenvalue weighted by Gasteiger charge is -2.24. The Kier molecular flexibility index (Phi) is 3.48. The van der Waals surface area contributed by atoms with Crippen molar-refractivity contribution in [2.24, 2.45) is 0 Å². The summed E-state index contributed by atoms with van der Waals surface area (Å²) in [7, 11) is 0. The highest BCUT2D eigenvalue weighted by atomic mass is 32.1. The van der Waals surface area contributed by atoms with Crippen molar-refractivity contribution in [3.8, 4) is 0 Å². The summed E-state index contributed by atoms with van der Waals surface area (Å²) in [6, 6.07) is 0.214. The molecule has 8 heteroatoms. The fourth-order valence-electron chi connectivity index (χ4n) is 3.49. The van der Waals surface area contributed by atoms with Gasteiger partial charge in [0.15, 0.2) is 5.82 Å². The molecular formula is C15H16FN5OS. The number of rotatable bonds is 3. The van der Waals surface area contributed by atoms with E-state index < -0.39 is 5.82 Å². The summed E-state index contributed by atoms with van der Waals surface area (Å²) in [4.78, 5) is 28.9. The molecule has 1 amide bonds. The van der Waals surface area contributed by atoms with Crippen molar-refractivity contribution in [2.75, 3.05) is 11.4 Å². The van der Waals surface area contributed by atoms with Gasteiger partial charge in [0.25, 0.3) is 0 Å². The van der Waals surface area contributed by atoms with Crippen LogP contribution in [0, 0.1) is 12.7 Å². The molecule has 2 fully saturated rings. The number of nitrogens with zero attached hydrogens (tertiary/aromatic N) is 5. The highest BCUT2D eigenvalue weighted by molar-refractivity contribution is 7.09. The number of thiazole rings is 1. The van der Waals surface area contributed by atoms with Gasteiger partial charge in [0, 0.05) is 18.3 Å². The van der Waals surface area contributed by atoms with Gasteiger partial charge in [-0.25, -0.2) is 19.3 Å². The Hall–Kier alpha value is -2.09. The molecule has 0 N–H and O–H groups in total. The van der Waals surface area contributed by atoms with Crippen LogP contribution in [0.2, 0.25) is 0 Å². The Balaban J connectivity index is 1.53. The van der Waals surface area contributed by atoms with E-state index in [1.54, 1.807) is 11.3 Å². The topological polar surface area (TPSA) is 62.2 Å². The molecule has 0 radical (unpaired) electrons. The Morgan fingerprint density at radius 2 is 2.13 bits per heavy atom. The monoisotopic (exact) mass is 333 g/mol. The van der Waals surface area contributed by atoms with Crippen LogP contribution in [0.15, 0.2) is 17.8 Å². The van der Waals surface area contributed by atoms with E-state index in [0.29, 0.717) is 18.9 Å². The van der Waals surface area contributed by atoms with Gasteiger partial charge in [-0.3, -0.25) is 4.79 Å². The molecule has 0 spiro atoms. The van der Waals surface area contributed by atoms with E-state index in [1.165, 1.54) is 12.4 Å². The van der Waals surface area contributed by atoms with E-state index in [4.69, 9.17) is 0 Å². The molecule has 2 aromatic rings. The average molecular weight is 333 g/mol. The van der Waals surface area contributed by atoms with Crippen molar-refractivity contribution >= 4 is 23.2 Å². The second-order valence-corrected chi connectivity index (χ2v) is 6.96. The molecule has 4 heterocycles. The minimum absolute atomic E-state index is 0.0627. The minimum atomic E-state index is -0.451. The quantitative estimate of drug-likeness (QED) is 0.856. The first kappa shape index (κ1) is 14.5. The summed E-state index contributed by atoms with van der Waals surface area (Å²) >= 11 is 1.60. The maximum absolute atomic E-state index is 13.0. The van der Waals surface area contributed by atoms with Crippen LogP contribution in [0.4, 0.5) is 10.3 Å². The molecule has 0 saturated carbocycles. The third kappa shape index (κ3) is 2.56. The van der Waals surface area contributed by atoms with Crippen LogP contribution in [0.3, 0.4) is 0 Å². The molecule has 2 aliphatic rings. The molecule has 0 bridgehead atoms. The lowest BCUT2D eigenvalue weighted by Crippen LogP contribution is -2.37. The molecule has 2 aliphatic heterocycles. The number of amides is 1. The van der Waals surface area contributed by atoms with Gasteiger partial charge in [-0.1, -0.05) is 0 Å². The largest absolute Gasteiger partial charge is 0.335 e. The number of aryl methyl sites for hydroxylation is 1. The summed E-state index contributed by atoms with van der Waals surface area (Å²) in [6.07, 6.45) is 3.67. The Bertz CT molecular complexity index is 734. The van der Waals surface area contributed by atoms with Crippen LogP contribution in [-0.4, -0.2) is 44.4 Å². The van der Waals surface area contributed by atoms with E-state index in [2.05, 4.69) is 15.0 Å². The Labute approximate surface area is 137 Å². The maximum Gasteiger partial charge on any atom is 0.225 e. The number of likely N-dealkylation sites (tertiary alicyclic amines) is 1. The predicted molar refractivity (Wildman–Crippen MR) is 83.5 cm³/mol. The molecule has 2 atom stereocenters. The van der Waals surface area contributed by atoms with Crippen molar-refractivity contribution in [1.82, 2.24) is 19.9 Å². The molecular weight excluding hydrogens is 317 g/mol. The van der Waals surface area contributed by atoms with E-state index >= 15 is 0 Å². The van der Waals surface area contributed by atoms with Crippen LogP contribution in [0.25, 0.3) is 0 Å². The van der Waals surface area contributed by atoms with Crippen LogP contribution in [-0.2, 0) is 11.3 Å². The summed E-state index contributed by atoms with van der Waals surface area (Å²) < 4.78 is 13.0. The van der Waals surface area contributed by atoms with Crippen molar-refractivity contribution < 1.29 is 9.18 Å². The zero-order chi connectivity index (χ0) is 16.0. The van der Waals surface area contributed by atoms with Gasteiger partial charge in [0.1, 0.15) is 0 Å². The number of halogens is 1. The van der Waals surface area contributed by atoms with Crippen LogP contribution < -0.4 is 4.90 Å². The number of hydrogen-bond donors (Lipinski definition) is 0. The fourth-order valence-corrected chi connectivity index (χ4v) is 4.09. The molecule has 0 aromatic carbocycles. The van der Waals surface area contributed by atoms with Crippen molar-refractivity contribution in [3.05, 3.63) is 34.3 Å². The van der Waals surface area contributed by atoms with Gasteiger partial charge in [-0.15, -0.1) is 11.3 Å². The molecule has 23 heavy (non-hydrogen) atoms. The summed E-state index contributed by atoms with van der Waals surface area (Å²) in [5, 5.41) is 3.02. The van der Waals surface area contributed by atoms with Crippen molar-refractivity contribution in [1.29, 1.82) is 0 Å². The third-order valence-electron chi connectivity index (χ3n) is 4.48. The predicted octanol–water partition coefficient (Wildman–Crippen LogP) is 1.76. The number of anilines is 1. The number of carbonyl (C=O) groups is 1. The van der Waals surface area contributed by atoms with Gasteiger partial charge in [0.05, 0.1) is 41.7 Å². The maximum atomic E-state index is 13.0. The van der Waals surface area contributed by atoms with Gasteiger partial charge >= 0.3 is 0 Å². The van der Waals surface area contributed by atoms with E-state index in [9.17, 15) is 9.18 Å². The van der Waals surface area contributed by atoms with Crippen LogP contribution in [0.1, 0.15) is 23.5 Å². The first-order valence-corrected chi connectivity index (χ1v) is 8.44. The van der Waals surface area contributed by atoms with Gasteiger partial charge in [-0.2, -0.15) is 0 Å². The standard InChI is InChI=1S/C15H16FN5OS/c1-9-19-11(8-23-9)7-21-12-2-3-20(13(12)4-14(21)22)15-17-5-10(16)6-18-15/h5-6,8,12-13H,2-4,7H2,1H3/t12-,13+/m1/s1. The Morgan fingerprint density at radius 1 is 1.35 bits per heavy atom. The first-order chi connectivity index (χ1) is 11.1. The van der Waals surface area contributed by atoms with Crippen LogP contribution >= 0.6 is 11.3 Å². The third-order valence-corrected chi connectivity index (χ3v) is 5.30. The number of fused-ring (bicyclic) bond motifs is 1. The number of carbonyl (C=O) groups excluding carboxylic acids is 1.